The molecule has 1 atom stereocenters. The summed E-state index contributed by atoms with van der Waals surface area (Å²) in [5, 5.41) is 2.74. The van der Waals surface area contributed by atoms with E-state index in [0.717, 1.165) is 24.8 Å². The van der Waals surface area contributed by atoms with Crippen molar-refractivity contribution >= 4 is 17.8 Å². The Morgan fingerprint density at radius 1 is 1.06 bits per heavy atom. The normalized spacial score (nSPS) is 15.7. The lowest BCUT2D eigenvalue weighted by atomic mass is 10.1. The van der Waals surface area contributed by atoms with Crippen molar-refractivity contribution in [1.82, 2.24) is 10.2 Å². The van der Waals surface area contributed by atoms with Gasteiger partial charge in [0.2, 0.25) is 5.91 Å². The molecule has 1 heterocycles. The zero-order valence-corrected chi connectivity index (χ0v) is 18.4. The summed E-state index contributed by atoms with van der Waals surface area (Å²) in [7, 11) is 0. The monoisotopic (exact) mass is 438 g/mol. The van der Waals surface area contributed by atoms with Crippen molar-refractivity contribution in [3.05, 3.63) is 65.7 Å². The highest BCUT2D eigenvalue weighted by atomic mass is 16.5. The third-order valence-electron chi connectivity index (χ3n) is 5.32. The zero-order valence-electron chi connectivity index (χ0n) is 18.4. The highest BCUT2D eigenvalue weighted by Gasteiger charge is 2.36. The van der Waals surface area contributed by atoms with Crippen LogP contribution in [-0.4, -0.2) is 48.4 Å². The van der Waals surface area contributed by atoms with Crippen molar-refractivity contribution in [2.45, 2.75) is 45.3 Å². The van der Waals surface area contributed by atoms with E-state index in [4.69, 9.17) is 9.47 Å². The molecule has 2 aromatic carbocycles. The fraction of sp³-hybridized carbons (Fsp3) is 0.400. The van der Waals surface area contributed by atoms with Crippen molar-refractivity contribution < 1.29 is 23.9 Å². The molecule has 1 fully saturated rings. The van der Waals surface area contributed by atoms with Gasteiger partial charge in [-0.1, -0.05) is 62.2 Å². The summed E-state index contributed by atoms with van der Waals surface area (Å²) in [5.41, 5.74) is 1.25. The van der Waals surface area contributed by atoms with Gasteiger partial charge in [0.1, 0.15) is 18.4 Å². The number of benzene rings is 2. The Labute approximate surface area is 188 Å². The number of esters is 1. The Kier molecular flexibility index (Phi) is 8.66. The molecule has 1 aliphatic rings. The number of hydrogen-bond donors (Lipinski definition) is 1. The molecular formula is C25H30N2O5. The number of hydrogen-bond acceptors (Lipinski definition) is 5. The summed E-state index contributed by atoms with van der Waals surface area (Å²) in [6.45, 7) is 3.40. The molecule has 1 saturated heterocycles. The van der Waals surface area contributed by atoms with Crippen LogP contribution in [0.25, 0.3) is 0 Å². The van der Waals surface area contributed by atoms with Gasteiger partial charge in [0, 0.05) is 13.1 Å². The highest BCUT2D eigenvalue weighted by Crippen LogP contribution is 2.23. The third kappa shape index (κ3) is 6.33. The predicted octanol–water partition coefficient (Wildman–Crippen LogP) is 3.33. The van der Waals surface area contributed by atoms with Crippen molar-refractivity contribution in [1.29, 1.82) is 0 Å². The second-order valence-corrected chi connectivity index (χ2v) is 7.71. The topological polar surface area (TPSA) is 84.9 Å². The Balaban J connectivity index is 1.67. The van der Waals surface area contributed by atoms with Crippen molar-refractivity contribution in [3.8, 4) is 5.75 Å². The number of piperazine rings is 1. The van der Waals surface area contributed by atoms with E-state index in [9.17, 15) is 14.4 Å². The second-order valence-electron chi connectivity index (χ2n) is 7.71. The van der Waals surface area contributed by atoms with Gasteiger partial charge in [0.05, 0.1) is 18.6 Å². The molecule has 0 bridgehead atoms. The molecule has 170 valence electrons. The number of nitrogens with zero attached hydrogens (tertiary/aromatic N) is 1. The van der Waals surface area contributed by atoms with Crippen LogP contribution in [0.4, 0.5) is 0 Å². The van der Waals surface area contributed by atoms with Gasteiger partial charge in [-0.05, 0) is 24.1 Å². The van der Waals surface area contributed by atoms with Gasteiger partial charge in [-0.2, -0.15) is 0 Å². The first-order valence-electron chi connectivity index (χ1n) is 11.1. The molecule has 0 aliphatic carbocycles. The summed E-state index contributed by atoms with van der Waals surface area (Å²) in [6.07, 6.45) is 2.83. The van der Waals surface area contributed by atoms with Gasteiger partial charge in [0.15, 0.2) is 0 Å². The summed E-state index contributed by atoms with van der Waals surface area (Å²) in [5.74, 6) is -0.725. The Morgan fingerprint density at radius 2 is 1.81 bits per heavy atom. The molecule has 7 heteroatoms. The number of para-hydroxylation sites is 1. The van der Waals surface area contributed by atoms with Crippen molar-refractivity contribution in [3.63, 3.8) is 0 Å². The van der Waals surface area contributed by atoms with E-state index in [2.05, 4.69) is 12.2 Å². The molecule has 3 rings (SSSR count). The summed E-state index contributed by atoms with van der Waals surface area (Å²) in [4.78, 5) is 39.8. The number of amides is 2. The quantitative estimate of drug-likeness (QED) is 0.454. The van der Waals surface area contributed by atoms with Crippen LogP contribution in [-0.2, 0) is 20.9 Å². The lowest BCUT2D eigenvalue weighted by Gasteiger charge is -2.34. The lowest BCUT2D eigenvalue weighted by molar-refractivity contribution is -0.148. The minimum atomic E-state index is -0.923. The fourth-order valence-corrected chi connectivity index (χ4v) is 3.57. The zero-order chi connectivity index (χ0) is 22.8. The number of carbonyl (C=O) groups excluding carboxylic acids is 3. The van der Waals surface area contributed by atoms with Crippen LogP contribution in [0.1, 0.15) is 48.5 Å². The number of unbranched alkanes of at least 4 members (excludes halogenated alkanes) is 2. The number of ether oxygens (including phenoxy) is 2. The Bertz CT molecular complexity index is 916. The summed E-state index contributed by atoms with van der Waals surface area (Å²) < 4.78 is 11.2. The van der Waals surface area contributed by atoms with E-state index in [-0.39, 0.29) is 24.8 Å². The molecule has 1 N–H and O–H groups in total. The van der Waals surface area contributed by atoms with E-state index in [1.165, 1.54) is 4.90 Å². The Morgan fingerprint density at radius 3 is 2.59 bits per heavy atom. The first-order chi connectivity index (χ1) is 15.6. The predicted molar refractivity (Wildman–Crippen MR) is 120 cm³/mol. The van der Waals surface area contributed by atoms with Crippen LogP contribution in [0, 0.1) is 0 Å². The summed E-state index contributed by atoms with van der Waals surface area (Å²) >= 11 is 0. The fourth-order valence-electron chi connectivity index (χ4n) is 3.57. The molecule has 2 aromatic rings. The van der Waals surface area contributed by atoms with Crippen LogP contribution in [0.5, 0.6) is 5.75 Å². The second kappa shape index (κ2) is 11.9. The molecule has 0 aromatic heterocycles. The third-order valence-corrected chi connectivity index (χ3v) is 5.32. The molecular weight excluding hydrogens is 408 g/mol. The van der Waals surface area contributed by atoms with Crippen molar-refractivity contribution in [2.75, 3.05) is 19.7 Å². The highest BCUT2D eigenvalue weighted by molar-refractivity contribution is 6.01. The van der Waals surface area contributed by atoms with E-state index in [1.54, 1.807) is 18.2 Å². The van der Waals surface area contributed by atoms with Crippen molar-refractivity contribution in [2.24, 2.45) is 0 Å². The first-order valence-corrected chi connectivity index (χ1v) is 11.1. The van der Waals surface area contributed by atoms with Gasteiger partial charge in [-0.15, -0.1) is 0 Å². The van der Waals surface area contributed by atoms with Gasteiger partial charge < -0.3 is 19.7 Å². The Hall–Kier alpha value is -3.35. The average molecular weight is 439 g/mol. The standard InChI is InChI=1S/C25H30N2O5/c1-2-3-9-16-31-22-13-8-7-12-20(22)25(30)27-15-14-26-24(29)21(27)17-23(28)32-18-19-10-5-4-6-11-19/h4-8,10-13,21H,2-3,9,14-18H2,1H3,(H,26,29). The number of nitrogens with one attached hydrogen (secondary N) is 1. The maximum Gasteiger partial charge on any atom is 0.308 e. The minimum absolute atomic E-state index is 0.121. The van der Waals surface area contributed by atoms with Crippen LogP contribution in [0.2, 0.25) is 0 Å². The molecule has 1 aliphatic heterocycles. The smallest absolute Gasteiger partial charge is 0.308 e. The van der Waals surface area contributed by atoms with E-state index >= 15 is 0 Å². The number of carbonyl (C=O) groups is 3. The van der Waals surface area contributed by atoms with E-state index in [0.29, 0.717) is 31.0 Å². The molecule has 2 amide bonds. The molecule has 0 radical (unpaired) electrons. The minimum Gasteiger partial charge on any atom is -0.493 e. The largest absolute Gasteiger partial charge is 0.493 e. The molecule has 1 unspecified atom stereocenters. The van der Waals surface area contributed by atoms with Crippen LogP contribution >= 0.6 is 0 Å². The SMILES string of the molecule is CCCCCOc1ccccc1C(=O)N1CCNC(=O)C1CC(=O)OCc1ccccc1. The molecule has 7 nitrogen and oxygen atoms in total. The van der Waals surface area contributed by atoms with Crippen LogP contribution < -0.4 is 10.1 Å². The maximum absolute atomic E-state index is 13.3. The first kappa shape index (κ1) is 23.3. The molecule has 0 spiro atoms. The van der Waals surface area contributed by atoms with Gasteiger partial charge in [-0.25, -0.2) is 0 Å². The van der Waals surface area contributed by atoms with E-state index in [1.807, 2.05) is 36.4 Å². The van der Waals surface area contributed by atoms with Crippen LogP contribution in [0.3, 0.4) is 0 Å². The van der Waals surface area contributed by atoms with Crippen LogP contribution in [0.15, 0.2) is 54.6 Å². The van der Waals surface area contributed by atoms with Gasteiger partial charge >= 0.3 is 5.97 Å². The van der Waals surface area contributed by atoms with E-state index < -0.39 is 12.0 Å². The van der Waals surface area contributed by atoms with Gasteiger partial charge in [-0.3, -0.25) is 14.4 Å². The molecule has 32 heavy (non-hydrogen) atoms. The number of rotatable bonds is 10. The van der Waals surface area contributed by atoms with Gasteiger partial charge in [0.25, 0.3) is 5.91 Å². The average Bonchev–Trinajstić information content (AvgIpc) is 2.82. The summed E-state index contributed by atoms with van der Waals surface area (Å²) in [6, 6.07) is 15.4. The maximum atomic E-state index is 13.3. The lowest BCUT2D eigenvalue weighted by Crippen LogP contribution is -2.57. The molecule has 0 saturated carbocycles.